The monoisotopic (exact) mass is 348 g/mol. The van der Waals surface area contributed by atoms with Crippen molar-refractivity contribution in [3.8, 4) is 16.9 Å². The molecule has 2 aromatic rings. The molecule has 0 amide bonds. The van der Waals surface area contributed by atoms with Gasteiger partial charge in [0.2, 0.25) is 5.82 Å². The molecule has 1 fully saturated rings. The van der Waals surface area contributed by atoms with Crippen molar-refractivity contribution in [1.82, 2.24) is 0 Å². The van der Waals surface area contributed by atoms with E-state index in [0.717, 1.165) is 18.4 Å². The van der Waals surface area contributed by atoms with Crippen LogP contribution < -0.4 is 4.74 Å². The summed E-state index contributed by atoms with van der Waals surface area (Å²) in [6.07, 6.45) is 3.49. The van der Waals surface area contributed by atoms with Crippen LogP contribution >= 0.6 is 0 Å². The fourth-order valence-corrected chi connectivity index (χ4v) is 3.12. The summed E-state index contributed by atoms with van der Waals surface area (Å²) in [5.74, 6) is -2.97. The van der Waals surface area contributed by atoms with E-state index < -0.39 is 17.5 Å². The van der Waals surface area contributed by atoms with Gasteiger partial charge in [-0.05, 0) is 36.6 Å². The average Bonchev–Trinajstić information content (AvgIpc) is 2.64. The Labute approximate surface area is 144 Å². The second-order valence-electron chi connectivity index (χ2n) is 6.06. The van der Waals surface area contributed by atoms with Gasteiger partial charge in [-0.2, -0.15) is 4.39 Å². The normalized spacial score (nSPS) is 20.3. The van der Waals surface area contributed by atoms with Crippen molar-refractivity contribution in [2.75, 3.05) is 13.7 Å². The molecule has 3 rings (SSSR count). The number of hydrogen-bond donors (Lipinski definition) is 0. The van der Waals surface area contributed by atoms with Crippen molar-refractivity contribution >= 4 is 0 Å². The second kappa shape index (κ2) is 7.31. The molecule has 0 N–H and O–H groups in total. The van der Waals surface area contributed by atoms with Crippen LogP contribution in [-0.4, -0.2) is 19.8 Å². The van der Waals surface area contributed by atoms with Crippen molar-refractivity contribution in [3.05, 3.63) is 66.0 Å². The van der Waals surface area contributed by atoms with E-state index in [4.69, 9.17) is 9.47 Å². The van der Waals surface area contributed by atoms with E-state index >= 15 is 0 Å². The minimum atomic E-state index is -1.13. The van der Waals surface area contributed by atoms with Gasteiger partial charge in [0.25, 0.3) is 0 Å². The lowest BCUT2D eigenvalue weighted by molar-refractivity contribution is 0.0328. The molecule has 2 nitrogen and oxygen atoms in total. The Bertz CT molecular complexity index is 781. The van der Waals surface area contributed by atoms with Crippen LogP contribution in [0, 0.1) is 17.5 Å². The Kier molecular flexibility index (Phi) is 5.13. The quantitative estimate of drug-likeness (QED) is 0.705. The Morgan fingerprint density at radius 3 is 2.44 bits per heavy atom. The zero-order chi connectivity index (χ0) is 18.0. The van der Waals surface area contributed by atoms with E-state index in [1.165, 1.54) is 31.4 Å². The van der Waals surface area contributed by atoms with Gasteiger partial charge in [0.05, 0.1) is 19.8 Å². The lowest BCUT2D eigenvalue weighted by Crippen LogP contribution is -2.23. The lowest BCUT2D eigenvalue weighted by Gasteiger charge is -2.27. The third-order valence-corrected chi connectivity index (χ3v) is 4.60. The van der Waals surface area contributed by atoms with Gasteiger partial charge in [-0.25, -0.2) is 8.78 Å². The molecule has 132 valence electrons. The number of hydrogen-bond acceptors (Lipinski definition) is 2. The molecule has 0 spiro atoms. The van der Waals surface area contributed by atoms with Crippen molar-refractivity contribution in [2.45, 2.75) is 24.9 Å². The third kappa shape index (κ3) is 3.42. The highest BCUT2D eigenvalue weighted by Gasteiger charge is 2.23. The first-order chi connectivity index (χ1) is 12.0. The number of benzene rings is 2. The maximum absolute atomic E-state index is 14.6. The molecule has 2 aromatic carbocycles. The highest BCUT2D eigenvalue weighted by atomic mass is 19.2. The van der Waals surface area contributed by atoms with Crippen LogP contribution in [-0.2, 0) is 4.74 Å². The van der Waals surface area contributed by atoms with Crippen molar-refractivity contribution in [2.24, 2.45) is 0 Å². The lowest BCUT2D eigenvalue weighted by atomic mass is 9.90. The largest absolute Gasteiger partial charge is 0.494 e. The highest BCUT2D eigenvalue weighted by Crippen LogP contribution is 2.34. The van der Waals surface area contributed by atoms with E-state index in [2.05, 4.69) is 6.58 Å². The minimum Gasteiger partial charge on any atom is -0.494 e. The Morgan fingerprint density at radius 2 is 1.84 bits per heavy atom. The zero-order valence-electron chi connectivity index (χ0n) is 13.9. The van der Waals surface area contributed by atoms with Gasteiger partial charge in [-0.15, -0.1) is 6.58 Å². The zero-order valence-corrected chi connectivity index (χ0v) is 13.9. The SMILES string of the molecule is C=CC1CCC(c2ccc(-c3ccc(OC)c(F)c3F)c(F)c2)CO1. The molecule has 1 aliphatic heterocycles. The molecule has 1 aliphatic rings. The van der Waals surface area contributed by atoms with Crippen LogP contribution in [0.3, 0.4) is 0 Å². The van der Waals surface area contributed by atoms with Gasteiger partial charge in [-0.1, -0.05) is 18.2 Å². The van der Waals surface area contributed by atoms with Crippen LogP contribution in [0.4, 0.5) is 13.2 Å². The van der Waals surface area contributed by atoms with E-state index in [1.807, 2.05) is 0 Å². The third-order valence-electron chi connectivity index (χ3n) is 4.60. The summed E-state index contributed by atoms with van der Waals surface area (Å²) >= 11 is 0. The van der Waals surface area contributed by atoms with Gasteiger partial charge in [0.1, 0.15) is 5.82 Å². The predicted octanol–water partition coefficient (Wildman–Crippen LogP) is 5.23. The molecule has 1 saturated heterocycles. The Balaban J connectivity index is 1.88. The molecule has 1 heterocycles. The van der Waals surface area contributed by atoms with Gasteiger partial charge in [-0.3, -0.25) is 0 Å². The van der Waals surface area contributed by atoms with E-state index in [-0.39, 0.29) is 28.9 Å². The summed E-state index contributed by atoms with van der Waals surface area (Å²) in [6.45, 7) is 4.20. The fraction of sp³-hybridized carbons (Fsp3) is 0.300. The minimum absolute atomic E-state index is 0.0171. The molecule has 0 aromatic heterocycles. The van der Waals surface area contributed by atoms with Crippen molar-refractivity contribution < 1.29 is 22.6 Å². The standard InChI is InChI=1S/C20H19F3O2/c1-3-14-6-4-13(11-25-14)12-5-7-15(17(21)10-12)16-8-9-18(24-2)20(23)19(16)22/h3,5,7-10,13-14H,1,4,6,11H2,2H3. The summed E-state index contributed by atoms with van der Waals surface area (Å²) in [5, 5.41) is 0. The maximum Gasteiger partial charge on any atom is 0.201 e. The molecule has 2 unspecified atom stereocenters. The molecule has 0 bridgehead atoms. The molecule has 0 saturated carbocycles. The molecule has 0 radical (unpaired) electrons. The van der Waals surface area contributed by atoms with Crippen LogP contribution in [0.15, 0.2) is 43.0 Å². The van der Waals surface area contributed by atoms with E-state index in [0.29, 0.717) is 6.61 Å². The van der Waals surface area contributed by atoms with Gasteiger partial charge in [0, 0.05) is 17.0 Å². The van der Waals surface area contributed by atoms with Crippen molar-refractivity contribution in [3.63, 3.8) is 0 Å². The molecule has 25 heavy (non-hydrogen) atoms. The molecule has 5 heteroatoms. The number of halogens is 3. The van der Waals surface area contributed by atoms with Crippen LogP contribution in [0.1, 0.15) is 24.3 Å². The molecule has 2 atom stereocenters. The Hall–Kier alpha value is -2.27. The summed E-state index contributed by atoms with van der Waals surface area (Å²) in [4.78, 5) is 0. The number of rotatable bonds is 4. The summed E-state index contributed by atoms with van der Waals surface area (Å²) in [5.41, 5.74) is 0.676. The molecule has 0 aliphatic carbocycles. The molecular weight excluding hydrogens is 329 g/mol. The summed E-state index contributed by atoms with van der Waals surface area (Å²) in [7, 11) is 1.25. The Morgan fingerprint density at radius 1 is 1.08 bits per heavy atom. The maximum atomic E-state index is 14.6. The van der Waals surface area contributed by atoms with Gasteiger partial charge >= 0.3 is 0 Å². The van der Waals surface area contributed by atoms with Gasteiger partial charge in [0.15, 0.2) is 11.6 Å². The first-order valence-electron chi connectivity index (χ1n) is 8.11. The number of methoxy groups -OCH3 is 1. The highest BCUT2D eigenvalue weighted by molar-refractivity contribution is 5.66. The fourth-order valence-electron chi connectivity index (χ4n) is 3.12. The first kappa shape index (κ1) is 17.5. The van der Waals surface area contributed by atoms with E-state index in [1.54, 1.807) is 12.1 Å². The summed E-state index contributed by atoms with van der Waals surface area (Å²) < 4.78 is 53.0. The van der Waals surface area contributed by atoms with E-state index in [9.17, 15) is 13.2 Å². The topological polar surface area (TPSA) is 18.5 Å². The summed E-state index contributed by atoms with van der Waals surface area (Å²) in [6, 6.07) is 7.19. The average molecular weight is 348 g/mol. The smallest absolute Gasteiger partial charge is 0.201 e. The predicted molar refractivity (Wildman–Crippen MR) is 90.2 cm³/mol. The molecular formula is C20H19F3O2. The van der Waals surface area contributed by atoms with Crippen molar-refractivity contribution in [1.29, 1.82) is 0 Å². The van der Waals surface area contributed by atoms with Gasteiger partial charge < -0.3 is 9.47 Å². The van der Waals surface area contributed by atoms with Crippen LogP contribution in [0.5, 0.6) is 5.75 Å². The second-order valence-corrected chi connectivity index (χ2v) is 6.06. The first-order valence-corrected chi connectivity index (χ1v) is 8.11. The number of ether oxygens (including phenoxy) is 2. The van der Waals surface area contributed by atoms with Crippen LogP contribution in [0.25, 0.3) is 11.1 Å². The van der Waals surface area contributed by atoms with Crippen LogP contribution in [0.2, 0.25) is 0 Å².